The summed E-state index contributed by atoms with van der Waals surface area (Å²) < 4.78 is 13.4. The average molecular weight is 128 g/mol. The third kappa shape index (κ3) is 1.83. The fraction of sp³-hybridized carbons (Fsp3) is 0.500. The molecule has 50 valence electrons. The Hall–Kier alpha value is -0.860. The average Bonchev–Trinajstić information content (AvgIpc) is 2.34. The summed E-state index contributed by atoms with van der Waals surface area (Å²) >= 11 is 0. The van der Waals surface area contributed by atoms with Crippen molar-refractivity contribution in [2.75, 3.05) is 6.67 Å². The predicted octanol–water partition coefficient (Wildman–Crippen LogP) is 1.24. The maximum Gasteiger partial charge on any atom is 0.0945 e. The first-order chi connectivity index (χ1) is 4.43. The lowest BCUT2D eigenvalue weighted by Crippen LogP contribution is -1.94. The minimum absolute atomic E-state index is 0.252. The van der Waals surface area contributed by atoms with Gasteiger partial charge in [-0.05, 0) is 6.42 Å². The van der Waals surface area contributed by atoms with E-state index >= 15 is 0 Å². The third-order valence-electron chi connectivity index (χ3n) is 1.11. The lowest BCUT2D eigenvalue weighted by atomic mass is 10.5. The van der Waals surface area contributed by atoms with Crippen molar-refractivity contribution < 1.29 is 4.39 Å². The van der Waals surface area contributed by atoms with Crippen molar-refractivity contribution in [2.45, 2.75) is 13.0 Å². The van der Waals surface area contributed by atoms with Crippen molar-refractivity contribution in [1.29, 1.82) is 0 Å². The van der Waals surface area contributed by atoms with Gasteiger partial charge in [-0.1, -0.05) is 0 Å². The van der Waals surface area contributed by atoms with E-state index in [2.05, 4.69) is 4.98 Å². The molecule has 0 aromatic carbocycles. The molecule has 2 nitrogen and oxygen atoms in total. The molecule has 0 aliphatic heterocycles. The van der Waals surface area contributed by atoms with E-state index in [9.17, 15) is 4.39 Å². The van der Waals surface area contributed by atoms with Crippen LogP contribution in [0.1, 0.15) is 6.42 Å². The van der Waals surface area contributed by atoms with E-state index in [0.717, 1.165) is 6.54 Å². The highest BCUT2D eigenvalue weighted by atomic mass is 19.1. The van der Waals surface area contributed by atoms with E-state index < -0.39 is 0 Å². The first kappa shape index (κ1) is 6.26. The van der Waals surface area contributed by atoms with Crippen molar-refractivity contribution >= 4 is 0 Å². The summed E-state index contributed by atoms with van der Waals surface area (Å²) in [6, 6.07) is 0. The van der Waals surface area contributed by atoms with Gasteiger partial charge in [0.25, 0.3) is 0 Å². The largest absolute Gasteiger partial charge is 0.337 e. The topological polar surface area (TPSA) is 17.8 Å². The number of aryl methyl sites for hydroxylation is 1. The second-order valence-corrected chi connectivity index (χ2v) is 1.84. The number of hydrogen-bond donors (Lipinski definition) is 0. The molecule has 0 amide bonds. The van der Waals surface area contributed by atoms with Gasteiger partial charge in [-0.25, -0.2) is 4.98 Å². The fourth-order valence-corrected chi connectivity index (χ4v) is 0.661. The van der Waals surface area contributed by atoms with Crippen LogP contribution in [0.4, 0.5) is 4.39 Å². The number of nitrogens with zero attached hydrogens (tertiary/aromatic N) is 2. The molecule has 1 aromatic heterocycles. The Kier molecular flexibility index (Phi) is 2.24. The Morgan fingerprint density at radius 1 is 1.56 bits per heavy atom. The van der Waals surface area contributed by atoms with Crippen molar-refractivity contribution in [3.8, 4) is 0 Å². The Morgan fingerprint density at radius 3 is 3.00 bits per heavy atom. The first-order valence-electron chi connectivity index (χ1n) is 2.95. The van der Waals surface area contributed by atoms with Crippen molar-refractivity contribution in [2.24, 2.45) is 0 Å². The van der Waals surface area contributed by atoms with Crippen molar-refractivity contribution in [3.63, 3.8) is 0 Å². The van der Waals surface area contributed by atoms with E-state index in [1.165, 1.54) is 0 Å². The SMILES string of the molecule is FCCCn1ccnc1. The number of alkyl halides is 1. The second-order valence-electron chi connectivity index (χ2n) is 1.84. The van der Waals surface area contributed by atoms with E-state index in [1.807, 2.05) is 10.8 Å². The molecule has 0 aliphatic carbocycles. The summed E-state index contributed by atoms with van der Waals surface area (Å²) in [5, 5.41) is 0. The van der Waals surface area contributed by atoms with Gasteiger partial charge in [-0.2, -0.15) is 0 Å². The second kappa shape index (κ2) is 3.22. The van der Waals surface area contributed by atoms with Gasteiger partial charge in [0.15, 0.2) is 0 Å². The zero-order chi connectivity index (χ0) is 6.53. The molecule has 1 aromatic rings. The van der Waals surface area contributed by atoms with Crippen LogP contribution < -0.4 is 0 Å². The highest BCUT2D eigenvalue weighted by molar-refractivity contribution is 4.73. The standard InChI is InChI=1S/C6H9FN2/c7-2-1-4-9-5-3-8-6-9/h3,5-6H,1-2,4H2. The molecule has 3 heteroatoms. The minimum atomic E-state index is -0.252. The number of hydrogen-bond acceptors (Lipinski definition) is 1. The van der Waals surface area contributed by atoms with Crippen LogP contribution >= 0.6 is 0 Å². The van der Waals surface area contributed by atoms with Crippen LogP contribution in [0, 0.1) is 0 Å². The summed E-state index contributed by atoms with van der Waals surface area (Å²) in [6.07, 6.45) is 5.79. The molecule has 0 bridgehead atoms. The van der Waals surface area contributed by atoms with E-state index in [1.54, 1.807) is 12.5 Å². The van der Waals surface area contributed by atoms with Gasteiger partial charge in [0, 0.05) is 18.9 Å². The summed E-state index contributed by atoms with van der Waals surface area (Å²) in [5.74, 6) is 0. The molecule has 0 atom stereocenters. The third-order valence-corrected chi connectivity index (χ3v) is 1.11. The lowest BCUT2D eigenvalue weighted by Gasteiger charge is -1.95. The maximum absolute atomic E-state index is 11.6. The Labute approximate surface area is 53.3 Å². The Morgan fingerprint density at radius 2 is 2.44 bits per heavy atom. The molecule has 0 aliphatic rings. The van der Waals surface area contributed by atoms with Gasteiger partial charge in [-0.3, -0.25) is 4.39 Å². The van der Waals surface area contributed by atoms with Crippen LogP contribution in [0.3, 0.4) is 0 Å². The molecule has 0 unspecified atom stereocenters. The quantitative estimate of drug-likeness (QED) is 0.599. The highest BCUT2D eigenvalue weighted by Gasteiger charge is 1.86. The maximum atomic E-state index is 11.6. The van der Waals surface area contributed by atoms with E-state index in [0.29, 0.717) is 6.42 Å². The van der Waals surface area contributed by atoms with E-state index in [4.69, 9.17) is 0 Å². The van der Waals surface area contributed by atoms with Crippen LogP contribution in [0.2, 0.25) is 0 Å². The summed E-state index contributed by atoms with van der Waals surface area (Å²) in [6.45, 7) is 0.481. The van der Waals surface area contributed by atoms with Gasteiger partial charge in [0.05, 0.1) is 13.0 Å². The highest BCUT2D eigenvalue weighted by Crippen LogP contribution is 1.89. The van der Waals surface area contributed by atoms with Gasteiger partial charge < -0.3 is 4.57 Å². The molecule has 0 radical (unpaired) electrons. The van der Waals surface area contributed by atoms with Crippen LogP contribution in [0.15, 0.2) is 18.7 Å². The number of halogens is 1. The molecule has 0 fully saturated rings. The fourth-order valence-electron chi connectivity index (χ4n) is 0.661. The first-order valence-corrected chi connectivity index (χ1v) is 2.95. The number of rotatable bonds is 3. The van der Waals surface area contributed by atoms with Crippen molar-refractivity contribution in [3.05, 3.63) is 18.7 Å². The zero-order valence-corrected chi connectivity index (χ0v) is 5.13. The van der Waals surface area contributed by atoms with Gasteiger partial charge in [0.1, 0.15) is 0 Å². The van der Waals surface area contributed by atoms with Crippen molar-refractivity contribution in [1.82, 2.24) is 9.55 Å². The Bertz CT molecular complexity index is 148. The van der Waals surface area contributed by atoms with Crippen LogP contribution in [0.25, 0.3) is 0 Å². The smallest absolute Gasteiger partial charge is 0.0945 e. The van der Waals surface area contributed by atoms with Crippen LogP contribution in [0.5, 0.6) is 0 Å². The molecule has 0 saturated heterocycles. The number of imidazole rings is 1. The molecule has 9 heavy (non-hydrogen) atoms. The molecule has 0 N–H and O–H groups in total. The molecule has 1 heterocycles. The molecule has 1 rings (SSSR count). The number of aromatic nitrogens is 2. The van der Waals surface area contributed by atoms with Crippen LogP contribution in [-0.2, 0) is 6.54 Å². The zero-order valence-electron chi connectivity index (χ0n) is 5.13. The predicted molar refractivity (Wildman–Crippen MR) is 32.8 cm³/mol. The monoisotopic (exact) mass is 128 g/mol. The molecular weight excluding hydrogens is 119 g/mol. The Balaban J connectivity index is 2.30. The summed E-state index contributed by atoms with van der Waals surface area (Å²) in [7, 11) is 0. The van der Waals surface area contributed by atoms with Crippen LogP contribution in [-0.4, -0.2) is 16.2 Å². The normalized spacial score (nSPS) is 9.89. The molecular formula is C6H9FN2. The molecule has 0 spiro atoms. The summed E-state index contributed by atoms with van der Waals surface area (Å²) in [4.78, 5) is 3.82. The van der Waals surface area contributed by atoms with Gasteiger partial charge in [-0.15, -0.1) is 0 Å². The minimum Gasteiger partial charge on any atom is -0.337 e. The lowest BCUT2D eigenvalue weighted by molar-refractivity contribution is 0.447. The van der Waals surface area contributed by atoms with Gasteiger partial charge in [0.2, 0.25) is 0 Å². The van der Waals surface area contributed by atoms with E-state index in [-0.39, 0.29) is 6.67 Å². The molecule has 0 saturated carbocycles. The summed E-state index contributed by atoms with van der Waals surface area (Å²) in [5.41, 5.74) is 0. The van der Waals surface area contributed by atoms with Gasteiger partial charge >= 0.3 is 0 Å².